The highest BCUT2D eigenvalue weighted by molar-refractivity contribution is 5.78. The molecule has 0 spiro atoms. The van der Waals surface area contributed by atoms with Crippen molar-refractivity contribution in [3.63, 3.8) is 0 Å². The Bertz CT molecular complexity index is 605. The Labute approximate surface area is 136 Å². The second kappa shape index (κ2) is 7.73. The second-order valence-electron chi connectivity index (χ2n) is 6.59. The van der Waals surface area contributed by atoms with Crippen molar-refractivity contribution in [2.75, 3.05) is 26.2 Å². The van der Waals surface area contributed by atoms with Crippen molar-refractivity contribution in [1.82, 2.24) is 20.4 Å². The van der Waals surface area contributed by atoms with Crippen molar-refractivity contribution in [2.45, 2.75) is 51.4 Å². The summed E-state index contributed by atoms with van der Waals surface area (Å²) in [5, 5.41) is 9.66. The van der Waals surface area contributed by atoms with Gasteiger partial charge in [-0.15, -0.1) is 0 Å². The third-order valence-corrected chi connectivity index (χ3v) is 4.91. The van der Waals surface area contributed by atoms with Gasteiger partial charge in [0, 0.05) is 18.7 Å². The summed E-state index contributed by atoms with van der Waals surface area (Å²) >= 11 is 0. The highest BCUT2D eigenvalue weighted by Crippen LogP contribution is 2.20. The molecular formula is C17H26N4O2. The third kappa shape index (κ3) is 4.19. The maximum atomic E-state index is 12.2. The average molecular weight is 318 g/mol. The van der Waals surface area contributed by atoms with Gasteiger partial charge in [-0.05, 0) is 57.2 Å². The van der Waals surface area contributed by atoms with Gasteiger partial charge < -0.3 is 10.2 Å². The highest BCUT2D eigenvalue weighted by atomic mass is 16.1. The molecule has 1 saturated heterocycles. The van der Waals surface area contributed by atoms with E-state index in [4.69, 9.17) is 0 Å². The van der Waals surface area contributed by atoms with E-state index < -0.39 is 0 Å². The molecule has 3 rings (SSSR count). The van der Waals surface area contributed by atoms with Crippen molar-refractivity contribution < 1.29 is 4.79 Å². The quantitative estimate of drug-likeness (QED) is 0.841. The first-order valence-electron chi connectivity index (χ1n) is 8.82. The highest BCUT2D eigenvalue weighted by Gasteiger charge is 2.19. The lowest BCUT2D eigenvalue weighted by Crippen LogP contribution is -2.38. The first kappa shape index (κ1) is 16.2. The van der Waals surface area contributed by atoms with Crippen molar-refractivity contribution in [1.29, 1.82) is 0 Å². The van der Waals surface area contributed by atoms with Gasteiger partial charge in [-0.2, -0.15) is 5.10 Å². The van der Waals surface area contributed by atoms with Crippen LogP contribution in [0.1, 0.15) is 48.9 Å². The molecule has 0 saturated carbocycles. The minimum atomic E-state index is -0.0889. The molecule has 2 aliphatic rings. The van der Waals surface area contributed by atoms with Gasteiger partial charge >= 0.3 is 0 Å². The van der Waals surface area contributed by atoms with E-state index in [2.05, 4.69) is 20.4 Å². The van der Waals surface area contributed by atoms with Crippen LogP contribution in [0.2, 0.25) is 0 Å². The number of hydrogen-bond donors (Lipinski definition) is 2. The molecule has 1 aliphatic heterocycles. The summed E-state index contributed by atoms with van der Waals surface area (Å²) in [5.41, 5.74) is 2.50. The molecule has 2 N–H and O–H groups in total. The summed E-state index contributed by atoms with van der Waals surface area (Å²) in [6, 6.07) is 0. The van der Waals surface area contributed by atoms with E-state index in [0.717, 1.165) is 62.1 Å². The van der Waals surface area contributed by atoms with Crippen LogP contribution in [0.15, 0.2) is 4.79 Å². The zero-order chi connectivity index (χ0) is 16.1. The third-order valence-electron chi connectivity index (χ3n) is 4.91. The van der Waals surface area contributed by atoms with Gasteiger partial charge in [0.05, 0.1) is 12.1 Å². The van der Waals surface area contributed by atoms with E-state index in [1.165, 1.54) is 19.3 Å². The summed E-state index contributed by atoms with van der Waals surface area (Å²) in [4.78, 5) is 26.4. The fraction of sp³-hybridized carbons (Fsp3) is 0.706. The number of H-pyrrole nitrogens is 1. The number of nitrogens with zero attached hydrogens (tertiary/aromatic N) is 2. The van der Waals surface area contributed by atoms with Crippen LogP contribution in [-0.4, -0.2) is 47.2 Å². The molecule has 1 aromatic heterocycles. The van der Waals surface area contributed by atoms with E-state index in [1.807, 2.05) is 0 Å². The molecule has 1 fully saturated rings. The topological polar surface area (TPSA) is 78.1 Å². The van der Waals surface area contributed by atoms with E-state index in [9.17, 15) is 9.59 Å². The smallest absolute Gasteiger partial charge is 0.267 e. The standard InChI is InChI=1S/C17H26N4O2/c22-16(18-8-11-21-9-4-1-5-10-21)12-15-13-6-2-3-7-14(13)17(23)20-19-15/h1-12H2,(H,18,22)(H,20,23). The zero-order valence-electron chi connectivity index (χ0n) is 13.7. The number of carbonyl (C=O) groups excluding carboxylic acids is 1. The summed E-state index contributed by atoms with van der Waals surface area (Å²) in [7, 11) is 0. The fourth-order valence-electron chi connectivity index (χ4n) is 3.62. The van der Waals surface area contributed by atoms with Crippen LogP contribution >= 0.6 is 0 Å². The van der Waals surface area contributed by atoms with Gasteiger partial charge in [0.15, 0.2) is 0 Å². The summed E-state index contributed by atoms with van der Waals surface area (Å²) in [6.07, 6.45) is 7.90. The van der Waals surface area contributed by atoms with Gasteiger partial charge in [-0.25, -0.2) is 5.10 Å². The molecule has 0 atom stereocenters. The molecule has 0 unspecified atom stereocenters. The normalized spacial score (nSPS) is 18.4. The summed E-state index contributed by atoms with van der Waals surface area (Å²) < 4.78 is 0. The van der Waals surface area contributed by atoms with Crippen molar-refractivity contribution >= 4 is 5.91 Å². The number of hydrogen-bond acceptors (Lipinski definition) is 4. The number of fused-ring (bicyclic) bond motifs is 1. The molecule has 126 valence electrons. The molecule has 6 nitrogen and oxygen atoms in total. The molecule has 2 heterocycles. The molecular weight excluding hydrogens is 292 g/mol. The average Bonchev–Trinajstić information content (AvgIpc) is 2.59. The number of nitrogens with one attached hydrogen (secondary N) is 2. The summed E-state index contributed by atoms with van der Waals surface area (Å²) in [6.45, 7) is 3.89. The lowest BCUT2D eigenvalue weighted by Gasteiger charge is -2.26. The van der Waals surface area contributed by atoms with Gasteiger partial charge in [-0.3, -0.25) is 9.59 Å². The Morgan fingerprint density at radius 1 is 1.09 bits per heavy atom. The Balaban J connectivity index is 1.52. The molecule has 1 amide bonds. The van der Waals surface area contributed by atoms with E-state index in [1.54, 1.807) is 0 Å². The van der Waals surface area contributed by atoms with Gasteiger partial charge in [0.1, 0.15) is 0 Å². The number of rotatable bonds is 5. The van der Waals surface area contributed by atoms with Crippen molar-refractivity contribution in [3.05, 3.63) is 27.2 Å². The Kier molecular flexibility index (Phi) is 5.43. The minimum Gasteiger partial charge on any atom is -0.354 e. The Hall–Kier alpha value is -1.69. The van der Waals surface area contributed by atoms with Crippen LogP contribution in [0.4, 0.5) is 0 Å². The fourth-order valence-corrected chi connectivity index (χ4v) is 3.62. The molecule has 1 aromatic rings. The summed E-state index contributed by atoms with van der Waals surface area (Å²) in [5.74, 6) is -0.00525. The predicted molar refractivity (Wildman–Crippen MR) is 88.5 cm³/mol. The van der Waals surface area contributed by atoms with Crippen LogP contribution in [0.25, 0.3) is 0 Å². The van der Waals surface area contributed by atoms with Crippen molar-refractivity contribution in [3.8, 4) is 0 Å². The van der Waals surface area contributed by atoms with Crippen LogP contribution in [-0.2, 0) is 24.1 Å². The van der Waals surface area contributed by atoms with Crippen LogP contribution in [0, 0.1) is 0 Å². The number of aromatic amines is 1. The van der Waals surface area contributed by atoms with Crippen LogP contribution < -0.4 is 10.9 Å². The van der Waals surface area contributed by atoms with Crippen LogP contribution in [0.5, 0.6) is 0 Å². The molecule has 0 bridgehead atoms. The largest absolute Gasteiger partial charge is 0.354 e. The molecule has 0 aromatic carbocycles. The first-order valence-corrected chi connectivity index (χ1v) is 8.82. The number of amides is 1. The lowest BCUT2D eigenvalue weighted by molar-refractivity contribution is -0.120. The first-order chi connectivity index (χ1) is 11.2. The SMILES string of the molecule is O=C(Cc1n[nH]c(=O)c2c1CCCC2)NCCN1CCCCC1. The van der Waals surface area contributed by atoms with Gasteiger partial charge in [0.25, 0.3) is 5.56 Å². The molecule has 0 radical (unpaired) electrons. The maximum Gasteiger partial charge on any atom is 0.267 e. The maximum absolute atomic E-state index is 12.2. The number of piperidine rings is 1. The number of aromatic nitrogens is 2. The Morgan fingerprint density at radius 3 is 2.61 bits per heavy atom. The second-order valence-corrected chi connectivity index (χ2v) is 6.59. The van der Waals surface area contributed by atoms with Crippen molar-refractivity contribution in [2.24, 2.45) is 0 Å². The number of carbonyl (C=O) groups is 1. The Morgan fingerprint density at radius 2 is 1.83 bits per heavy atom. The van der Waals surface area contributed by atoms with E-state index >= 15 is 0 Å². The van der Waals surface area contributed by atoms with Gasteiger partial charge in [-0.1, -0.05) is 6.42 Å². The van der Waals surface area contributed by atoms with E-state index in [-0.39, 0.29) is 17.9 Å². The zero-order valence-corrected chi connectivity index (χ0v) is 13.7. The van der Waals surface area contributed by atoms with Crippen LogP contribution in [0.3, 0.4) is 0 Å². The monoisotopic (exact) mass is 318 g/mol. The van der Waals surface area contributed by atoms with Gasteiger partial charge in [0.2, 0.25) is 5.91 Å². The molecule has 6 heteroatoms. The minimum absolute atomic E-state index is 0.00525. The molecule has 23 heavy (non-hydrogen) atoms. The predicted octanol–water partition coefficient (Wildman–Crippen LogP) is 0.793. The van der Waals surface area contributed by atoms with E-state index in [0.29, 0.717) is 6.54 Å². The number of likely N-dealkylation sites (tertiary alicyclic amines) is 1. The molecule has 1 aliphatic carbocycles. The lowest BCUT2D eigenvalue weighted by atomic mass is 9.91.